The molecule has 2 fully saturated rings. The van der Waals surface area contributed by atoms with Gasteiger partial charge in [-0.15, -0.1) is 0 Å². The molecule has 1 aliphatic carbocycles. The molecule has 174 valence electrons. The van der Waals surface area contributed by atoms with Gasteiger partial charge in [0.2, 0.25) is 11.8 Å². The lowest BCUT2D eigenvalue weighted by Crippen LogP contribution is -2.52. The molecule has 1 aliphatic heterocycles. The Kier molecular flexibility index (Phi) is 8.90. The van der Waals surface area contributed by atoms with E-state index >= 15 is 0 Å². The second-order valence-electron chi connectivity index (χ2n) is 7.86. The van der Waals surface area contributed by atoms with Crippen LogP contribution in [-0.2, 0) is 25.7 Å². The second-order valence-corrected chi connectivity index (χ2v) is 7.86. The molecule has 3 rings (SSSR count). The fraction of sp³-hybridized carbons (Fsp3) is 0.700. The average Bonchev–Trinajstić information content (AvgIpc) is 3.20. The van der Waals surface area contributed by atoms with E-state index in [1.165, 1.54) is 9.58 Å². The number of alkyl halides is 2. The molecule has 2 heterocycles. The molecular weight excluding hydrogens is 414 g/mol. The van der Waals surface area contributed by atoms with Gasteiger partial charge in [-0.3, -0.25) is 19.1 Å². The van der Waals surface area contributed by atoms with Crippen molar-refractivity contribution in [2.24, 2.45) is 5.92 Å². The van der Waals surface area contributed by atoms with Crippen LogP contribution in [0.25, 0.3) is 0 Å². The summed E-state index contributed by atoms with van der Waals surface area (Å²) in [4.78, 5) is 35.6. The van der Waals surface area contributed by atoms with Crippen molar-refractivity contribution in [1.29, 1.82) is 0 Å². The standard InChI is InChI=1S/C18H26F2N4O3.C2H4O2/c1-27-15-4-3-13(17(26)23-9-5-18(19,20)6-10-23)11-14(15)22-16(25)12-24-8-2-7-21-24;1-2(3)4/h2,7-8,13-15H,3-6,9-12H2,1H3,(H,22,25);1H3,(H,3,4)/t13-,14+,15+;/m0./s1. The first kappa shape index (κ1) is 24.7. The van der Waals surface area contributed by atoms with Gasteiger partial charge in [-0.2, -0.15) is 5.10 Å². The lowest BCUT2D eigenvalue weighted by atomic mass is 9.82. The van der Waals surface area contributed by atoms with Crippen molar-refractivity contribution in [3.63, 3.8) is 0 Å². The maximum Gasteiger partial charge on any atom is 0.300 e. The minimum absolute atomic E-state index is 0.0896. The Morgan fingerprint density at radius 1 is 1.26 bits per heavy atom. The second kappa shape index (κ2) is 11.2. The first-order chi connectivity index (χ1) is 14.6. The number of hydrogen-bond acceptors (Lipinski definition) is 5. The van der Waals surface area contributed by atoms with Gasteiger partial charge < -0.3 is 20.1 Å². The van der Waals surface area contributed by atoms with Crippen LogP contribution in [0.1, 0.15) is 39.0 Å². The van der Waals surface area contributed by atoms with Crippen molar-refractivity contribution in [3.05, 3.63) is 18.5 Å². The molecule has 2 N–H and O–H groups in total. The van der Waals surface area contributed by atoms with Crippen molar-refractivity contribution in [2.75, 3.05) is 20.2 Å². The van der Waals surface area contributed by atoms with Crippen molar-refractivity contribution in [2.45, 2.75) is 63.6 Å². The minimum atomic E-state index is -2.67. The number of aromatic nitrogens is 2. The number of methoxy groups -OCH3 is 1. The van der Waals surface area contributed by atoms with Gasteiger partial charge in [0.25, 0.3) is 11.9 Å². The molecule has 0 radical (unpaired) electrons. The molecule has 11 heteroatoms. The Balaban J connectivity index is 0.000000785. The van der Waals surface area contributed by atoms with Crippen LogP contribution < -0.4 is 5.32 Å². The quantitative estimate of drug-likeness (QED) is 0.712. The zero-order valence-corrected chi connectivity index (χ0v) is 17.8. The predicted octanol–water partition coefficient (Wildman–Crippen LogP) is 1.53. The molecule has 3 atom stereocenters. The number of carboxylic acid groups (broad SMARTS) is 1. The number of carbonyl (C=O) groups excluding carboxylic acids is 2. The zero-order valence-electron chi connectivity index (χ0n) is 17.8. The number of carboxylic acids is 1. The molecule has 1 saturated carbocycles. The van der Waals surface area contributed by atoms with E-state index in [2.05, 4.69) is 10.4 Å². The van der Waals surface area contributed by atoms with E-state index in [9.17, 15) is 18.4 Å². The molecule has 1 saturated heterocycles. The lowest BCUT2D eigenvalue weighted by molar-refractivity contribution is -0.144. The third-order valence-electron chi connectivity index (χ3n) is 5.46. The average molecular weight is 444 g/mol. The van der Waals surface area contributed by atoms with Crippen LogP contribution in [0.15, 0.2) is 18.5 Å². The first-order valence-corrected chi connectivity index (χ1v) is 10.3. The lowest BCUT2D eigenvalue weighted by Gasteiger charge is -2.39. The van der Waals surface area contributed by atoms with Gasteiger partial charge in [0, 0.05) is 58.3 Å². The topological polar surface area (TPSA) is 114 Å². The van der Waals surface area contributed by atoms with Crippen LogP contribution in [0.5, 0.6) is 0 Å². The van der Waals surface area contributed by atoms with E-state index in [-0.39, 0.29) is 62.4 Å². The normalized spacial score (nSPS) is 25.2. The molecule has 9 nitrogen and oxygen atoms in total. The van der Waals surface area contributed by atoms with E-state index in [4.69, 9.17) is 14.6 Å². The highest BCUT2D eigenvalue weighted by molar-refractivity contribution is 5.80. The van der Waals surface area contributed by atoms with Crippen LogP contribution in [0.2, 0.25) is 0 Å². The van der Waals surface area contributed by atoms with Gasteiger partial charge in [0.1, 0.15) is 6.54 Å². The van der Waals surface area contributed by atoms with Crippen LogP contribution in [0, 0.1) is 5.92 Å². The molecule has 1 aromatic rings. The number of nitrogens with one attached hydrogen (secondary N) is 1. The number of likely N-dealkylation sites (tertiary alicyclic amines) is 1. The summed E-state index contributed by atoms with van der Waals surface area (Å²) in [7, 11) is 1.59. The first-order valence-electron chi connectivity index (χ1n) is 10.3. The highest BCUT2D eigenvalue weighted by atomic mass is 19.3. The largest absolute Gasteiger partial charge is 0.481 e. The summed E-state index contributed by atoms with van der Waals surface area (Å²) in [5, 5.41) is 14.4. The van der Waals surface area contributed by atoms with Crippen molar-refractivity contribution < 1.29 is 33.0 Å². The summed E-state index contributed by atoms with van der Waals surface area (Å²) in [5.41, 5.74) is 0. The number of halogens is 2. The number of aliphatic carboxylic acids is 1. The maximum atomic E-state index is 13.3. The summed E-state index contributed by atoms with van der Waals surface area (Å²) in [5.74, 6) is -4.07. The number of amides is 2. The van der Waals surface area contributed by atoms with E-state index in [1.54, 1.807) is 25.6 Å². The molecule has 1 aromatic heterocycles. The SMILES string of the molecule is CC(=O)O.CO[C@@H]1CC[C@H](C(=O)N2CCC(F)(F)CC2)C[C@H]1NC(=O)Cn1cccn1. The molecule has 31 heavy (non-hydrogen) atoms. The zero-order chi connectivity index (χ0) is 23.0. The van der Waals surface area contributed by atoms with Crippen molar-refractivity contribution in [3.8, 4) is 0 Å². The summed E-state index contributed by atoms with van der Waals surface area (Å²) in [6.07, 6.45) is 4.30. The summed E-state index contributed by atoms with van der Waals surface area (Å²) in [6.45, 7) is 1.36. The van der Waals surface area contributed by atoms with Crippen molar-refractivity contribution in [1.82, 2.24) is 20.0 Å². The number of piperidine rings is 1. The van der Waals surface area contributed by atoms with Gasteiger partial charge in [-0.05, 0) is 25.3 Å². The van der Waals surface area contributed by atoms with Gasteiger partial charge in [-0.25, -0.2) is 8.78 Å². The van der Waals surface area contributed by atoms with E-state index in [0.29, 0.717) is 19.3 Å². The number of rotatable bonds is 5. The molecule has 0 aromatic carbocycles. The number of nitrogens with zero attached hydrogens (tertiary/aromatic N) is 3. The van der Waals surface area contributed by atoms with Crippen LogP contribution in [0.4, 0.5) is 8.78 Å². The van der Waals surface area contributed by atoms with Crippen LogP contribution in [-0.4, -0.2) is 75.8 Å². The summed E-state index contributed by atoms with van der Waals surface area (Å²) in [6, 6.07) is 1.45. The number of hydrogen-bond donors (Lipinski definition) is 2. The Labute approximate surface area is 179 Å². The third kappa shape index (κ3) is 7.89. The van der Waals surface area contributed by atoms with Crippen LogP contribution >= 0.6 is 0 Å². The Morgan fingerprint density at radius 3 is 2.45 bits per heavy atom. The van der Waals surface area contributed by atoms with Gasteiger partial charge >= 0.3 is 0 Å². The molecule has 2 amide bonds. The van der Waals surface area contributed by atoms with Gasteiger partial charge in [0.15, 0.2) is 0 Å². The summed E-state index contributed by atoms with van der Waals surface area (Å²) >= 11 is 0. The highest BCUT2D eigenvalue weighted by Gasteiger charge is 2.40. The molecule has 0 bridgehead atoms. The fourth-order valence-electron chi connectivity index (χ4n) is 3.91. The highest BCUT2D eigenvalue weighted by Crippen LogP contribution is 2.32. The van der Waals surface area contributed by atoms with E-state index < -0.39 is 11.9 Å². The minimum Gasteiger partial charge on any atom is -0.481 e. The monoisotopic (exact) mass is 444 g/mol. The number of carbonyl (C=O) groups is 3. The molecule has 0 spiro atoms. The predicted molar refractivity (Wildman–Crippen MR) is 106 cm³/mol. The molecule has 0 unspecified atom stereocenters. The van der Waals surface area contributed by atoms with Crippen molar-refractivity contribution >= 4 is 17.8 Å². The third-order valence-corrected chi connectivity index (χ3v) is 5.46. The van der Waals surface area contributed by atoms with E-state index in [0.717, 1.165) is 6.92 Å². The van der Waals surface area contributed by atoms with Gasteiger partial charge in [-0.1, -0.05) is 0 Å². The molecule has 2 aliphatic rings. The Morgan fingerprint density at radius 2 is 1.90 bits per heavy atom. The maximum absolute atomic E-state index is 13.3. The Hall–Kier alpha value is -2.56. The fourth-order valence-corrected chi connectivity index (χ4v) is 3.91. The Bertz CT molecular complexity index is 730. The van der Waals surface area contributed by atoms with Crippen LogP contribution in [0.3, 0.4) is 0 Å². The molecular formula is C20H30F2N4O5. The number of ether oxygens (including phenoxy) is 1. The van der Waals surface area contributed by atoms with Gasteiger partial charge in [0.05, 0.1) is 12.1 Å². The summed E-state index contributed by atoms with van der Waals surface area (Å²) < 4.78 is 33.7. The smallest absolute Gasteiger partial charge is 0.300 e. The van der Waals surface area contributed by atoms with E-state index in [1.807, 2.05) is 0 Å².